The van der Waals surface area contributed by atoms with Crippen LogP contribution in [0.3, 0.4) is 0 Å². The molecular formula is C11H12N4O2S2. The van der Waals surface area contributed by atoms with Crippen LogP contribution < -0.4 is 10.5 Å². The molecule has 0 unspecified atom stereocenters. The van der Waals surface area contributed by atoms with Gasteiger partial charge in [0.25, 0.3) is 10.0 Å². The summed E-state index contributed by atoms with van der Waals surface area (Å²) >= 11 is 1.28. The summed E-state index contributed by atoms with van der Waals surface area (Å²) in [6.07, 6.45) is 3.65. The second-order valence-electron chi connectivity index (χ2n) is 4.36. The third-order valence-corrected chi connectivity index (χ3v) is 5.01. The van der Waals surface area contributed by atoms with Crippen LogP contribution in [0.1, 0.15) is 24.5 Å². The van der Waals surface area contributed by atoms with E-state index in [0.717, 1.165) is 18.5 Å². The zero-order valence-corrected chi connectivity index (χ0v) is 11.5. The smallest absolute Gasteiger partial charge is 0.283 e. The molecule has 1 fully saturated rings. The normalized spacial score (nSPS) is 15.4. The van der Waals surface area contributed by atoms with Gasteiger partial charge in [0.2, 0.25) is 0 Å². The maximum atomic E-state index is 12.1. The van der Waals surface area contributed by atoms with E-state index in [1.807, 2.05) is 5.38 Å². The lowest BCUT2D eigenvalue weighted by Crippen LogP contribution is -2.16. The van der Waals surface area contributed by atoms with Gasteiger partial charge < -0.3 is 5.73 Å². The van der Waals surface area contributed by atoms with E-state index < -0.39 is 10.0 Å². The number of thiazole rings is 1. The third-order valence-electron chi connectivity index (χ3n) is 2.79. The Morgan fingerprint density at radius 1 is 1.42 bits per heavy atom. The van der Waals surface area contributed by atoms with Crippen molar-refractivity contribution in [3.05, 3.63) is 29.4 Å². The number of hydrogen-bond donors (Lipinski definition) is 2. The van der Waals surface area contributed by atoms with Gasteiger partial charge in [-0.1, -0.05) is 0 Å². The van der Waals surface area contributed by atoms with E-state index in [1.54, 1.807) is 6.07 Å². The molecule has 19 heavy (non-hydrogen) atoms. The summed E-state index contributed by atoms with van der Waals surface area (Å²) in [7, 11) is -3.77. The first-order valence-corrected chi connectivity index (χ1v) is 8.11. The Balaban J connectivity index is 1.86. The number of sulfonamides is 1. The van der Waals surface area contributed by atoms with Gasteiger partial charge in [0.05, 0.1) is 11.4 Å². The number of rotatable bonds is 4. The fourth-order valence-corrected chi connectivity index (χ4v) is 3.80. The van der Waals surface area contributed by atoms with Crippen molar-refractivity contribution in [2.75, 3.05) is 10.5 Å². The van der Waals surface area contributed by atoms with Crippen LogP contribution in [0.2, 0.25) is 0 Å². The molecule has 3 rings (SSSR count). The first-order chi connectivity index (χ1) is 9.06. The first-order valence-electron chi connectivity index (χ1n) is 5.75. The van der Waals surface area contributed by atoms with E-state index >= 15 is 0 Å². The van der Waals surface area contributed by atoms with Crippen LogP contribution in [0.25, 0.3) is 0 Å². The average Bonchev–Trinajstić information content (AvgIpc) is 3.11. The largest absolute Gasteiger partial charge is 0.396 e. The maximum Gasteiger partial charge on any atom is 0.283 e. The molecule has 1 saturated carbocycles. The van der Waals surface area contributed by atoms with E-state index in [0.29, 0.717) is 11.0 Å². The van der Waals surface area contributed by atoms with E-state index in [9.17, 15) is 8.42 Å². The molecule has 2 heterocycles. The first kappa shape index (κ1) is 12.4. The van der Waals surface area contributed by atoms with Crippen LogP contribution in [0, 0.1) is 0 Å². The fraction of sp³-hybridized carbons (Fsp3) is 0.273. The van der Waals surface area contributed by atoms with Crippen molar-refractivity contribution in [1.29, 1.82) is 0 Å². The molecule has 0 atom stereocenters. The number of nitrogens with zero attached hydrogens (tertiary/aromatic N) is 2. The highest BCUT2D eigenvalue weighted by atomic mass is 32.2. The molecule has 0 bridgehead atoms. The Morgan fingerprint density at radius 2 is 2.21 bits per heavy atom. The van der Waals surface area contributed by atoms with Crippen LogP contribution in [0.15, 0.2) is 28.7 Å². The molecule has 0 amide bonds. The summed E-state index contributed by atoms with van der Waals surface area (Å²) in [5, 5.41) is 2.07. The minimum absolute atomic E-state index is 0.119. The molecule has 0 spiro atoms. The van der Waals surface area contributed by atoms with Gasteiger partial charge in [-0.2, -0.15) is 8.42 Å². The predicted octanol–water partition coefficient (Wildman–Crippen LogP) is 1.80. The fourth-order valence-electron chi connectivity index (χ4n) is 1.69. The molecular weight excluding hydrogens is 284 g/mol. The van der Waals surface area contributed by atoms with Crippen LogP contribution in [0.4, 0.5) is 10.8 Å². The molecule has 8 heteroatoms. The Morgan fingerprint density at radius 3 is 2.89 bits per heavy atom. The molecule has 6 nitrogen and oxygen atoms in total. The molecule has 0 saturated heterocycles. The molecule has 100 valence electrons. The quantitative estimate of drug-likeness (QED) is 0.896. The monoisotopic (exact) mass is 296 g/mol. The molecule has 3 N–H and O–H groups in total. The average molecular weight is 296 g/mol. The summed E-state index contributed by atoms with van der Waals surface area (Å²) in [5.74, 6) is 0.495. The number of nitrogens with two attached hydrogens (primary N) is 1. The Hall–Kier alpha value is -1.67. The van der Waals surface area contributed by atoms with Gasteiger partial charge in [-0.15, -0.1) is 11.3 Å². The van der Waals surface area contributed by atoms with Crippen molar-refractivity contribution in [2.24, 2.45) is 0 Å². The van der Waals surface area contributed by atoms with Gasteiger partial charge in [0.1, 0.15) is 0 Å². The molecule has 0 radical (unpaired) electrons. The Bertz CT molecular complexity index is 707. The second-order valence-corrected chi connectivity index (χ2v) is 6.81. The number of anilines is 2. The van der Waals surface area contributed by atoms with Gasteiger partial charge in [-0.3, -0.25) is 4.72 Å². The van der Waals surface area contributed by atoms with E-state index in [-0.39, 0.29) is 10.7 Å². The third kappa shape index (κ3) is 2.54. The highest BCUT2D eigenvalue weighted by Crippen LogP contribution is 2.41. The predicted molar refractivity (Wildman–Crippen MR) is 73.5 cm³/mol. The topological polar surface area (TPSA) is 98.0 Å². The van der Waals surface area contributed by atoms with E-state index in [1.165, 1.54) is 23.6 Å². The zero-order chi connectivity index (χ0) is 13.5. The summed E-state index contributed by atoms with van der Waals surface area (Å²) in [4.78, 5) is 8.07. The van der Waals surface area contributed by atoms with Crippen LogP contribution in [-0.2, 0) is 10.0 Å². The van der Waals surface area contributed by atoms with Crippen molar-refractivity contribution in [3.8, 4) is 0 Å². The van der Waals surface area contributed by atoms with Gasteiger partial charge in [0, 0.05) is 17.5 Å². The van der Waals surface area contributed by atoms with Crippen LogP contribution in [-0.4, -0.2) is 18.4 Å². The molecule has 2 aromatic rings. The minimum Gasteiger partial charge on any atom is -0.396 e. The lowest BCUT2D eigenvalue weighted by molar-refractivity contribution is 0.598. The zero-order valence-electron chi connectivity index (χ0n) is 9.91. The lowest BCUT2D eigenvalue weighted by Gasteiger charge is -2.06. The highest BCUT2D eigenvalue weighted by Gasteiger charge is 2.27. The maximum absolute atomic E-state index is 12.1. The Kier molecular flexibility index (Phi) is 2.90. The lowest BCUT2D eigenvalue weighted by atomic mass is 10.3. The number of aromatic nitrogens is 2. The second kappa shape index (κ2) is 4.46. The van der Waals surface area contributed by atoms with Crippen molar-refractivity contribution < 1.29 is 8.42 Å². The van der Waals surface area contributed by atoms with E-state index in [2.05, 4.69) is 14.7 Å². The van der Waals surface area contributed by atoms with Gasteiger partial charge in [-0.05, 0) is 25.0 Å². The summed E-state index contributed by atoms with van der Waals surface area (Å²) in [6, 6.07) is 3.09. The van der Waals surface area contributed by atoms with Gasteiger partial charge >= 0.3 is 0 Å². The summed E-state index contributed by atoms with van der Waals surface area (Å²) in [6.45, 7) is 0. The van der Waals surface area contributed by atoms with Crippen molar-refractivity contribution in [2.45, 2.75) is 23.8 Å². The molecule has 1 aliphatic carbocycles. The van der Waals surface area contributed by atoms with Crippen LogP contribution in [0.5, 0.6) is 0 Å². The van der Waals surface area contributed by atoms with Crippen molar-refractivity contribution in [3.63, 3.8) is 0 Å². The highest BCUT2D eigenvalue weighted by molar-refractivity contribution is 7.93. The van der Waals surface area contributed by atoms with E-state index in [4.69, 9.17) is 5.73 Å². The number of pyridine rings is 1. The van der Waals surface area contributed by atoms with Crippen molar-refractivity contribution >= 4 is 32.2 Å². The molecule has 0 aliphatic heterocycles. The Labute approximate surface area is 114 Å². The standard InChI is InChI=1S/C11H12N4O2S2/c12-8-2-1-5-13-10(8)19(16,17)15-11-14-9(6-18-11)7-3-4-7/h1-2,5-7H,3-4,12H2,(H,14,15). The summed E-state index contributed by atoms with van der Waals surface area (Å²) in [5.41, 5.74) is 6.70. The minimum atomic E-state index is -3.77. The molecule has 0 aromatic carbocycles. The molecule has 2 aromatic heterocycles. The SMILES string of the molecule is Nc1cccnc1S(=O)(=O)Nc1nc(C2CC2)cs1. The molecule has 1 aliphatic rings. The number of nitrogens with one attached hydrogen (secondary N) is 1. The number of nitrogen functional groups attached to an aromatic ring is 1. The summed E-state index contributed by atoms with van der Waals surface area (Å²) < 4.78 is 26.7. The van der Waals surface area contributed by atoms with Gasteiger partial charge in [0.15, 0.2) is 10.2 Å². The van der Waals surface area contributed by atoms with Crippen molar-refractivity contribution in [1.82, 2.24) is 9.97 Å². The number of hydrogen-bond acceptors (Lipinski definition) is 6. The van der Waals surface area contributed by atoms with Crippen LogP contribution >= 0.6 is 11.3 Å². The van der Waals surface area contributed by atoms with Gasteiger partial charge in [-0.25, -0.2) is 9.97 Å².